The molecule has 0 aromatic heterocycles. The van der Waals surface area contributed by atoms with Gasteiger partial charge in [-0.25, -0.2) is 5.06 Å². The fourth-order valence-corrected chi connectivity index (χ4v) is 2.36. The van der Waals surface area contributed by atoms with E-state index in [2.05, 4.69) is 0 Å². The summed E-state index contributed by atoms with van der Waals surface area (Å²) in [5, 5.41) is 1.64. The number of amides is 1. The van der Waals surface area contributed by atoms with E-state index in [9.17, 15) is 4.79 Å². The number of halogens is 1. The van der Waals surface area contributed by atoms with Crippen molar-refractivity contribution in [2.45, 2.75) is 17.1 Å². The molecule has 0 aliphatic rings. The van der Waals surface area contributed by atoms with Crippen molar-refractivity contribution in [1.29, 1.82) is 0 Å². The third-order valence-electron chi connectivity index (χ3n) is 2.07. The summed E-state index contributed by atoms with van der Waals surface area (Å²) in [5.41, 5.74) is 0. The van der Waals surface area contributed by atoms with E-state index in [4.69, 9.17) is 16.4 Å². The molecule has 0 N–H and O–H groups in total. The van der Waals surface area contributed by atoms with Gasteiger partial charge in [-0.3, -0.25) is 9.63 Å². The van der Waals surface area contributed by atoms with Crippen LogP contribution in [0.3, 0.4) is 0 Å². The molecule has 88 valence electrons. The zero-order valence-electron chi connectivity index (χ0n) is 9.44. The number of hydroxylamine groups is 2. The molecule has 5 heteroatoms. The lowest BCUT2D eigenvalue weighted by Crippen LogP contribution is -2.32. The Morgan fingerprint density at radius 1 is 1.50 bits per heavy atom. The maximum Gasteiger partial charge on any atom is 0.259 e. The summed E-state index contributed by atoms with van der Waals surface area (Å²) < 4.78 is 0. The fourth-order valence-electron chi connectivity index (χ4n) is 1.13. The van der Waals surface area contributed by atoms with Gasteiger partial charge in [0.1, 0.15) is 0 Å². The predicted octanol–water partition coefficient (Wildman–Crippen LogP) is 2.84. The number of hydrogen-bond acceptors (Lipinski definition) is 3. The molecule has 0 aliphatic heterocycles. The second-order valence-corrected chi connectivity index (χ2v) is 5.00. The Balaban J connectivity index is 2.68. The van der Waals surface area contributed by atoms with Crippen LogP contribution in [0.4, 0.5) is 0 Å². The Hall–Kier alpha value is -0.710. The molecule has 0 radical (unpaired) electrons. The topological polar surface area (TPSA) is 29.5 Å². The number of nitrogens with zero attached hydrogens (tertiary/aromatic N) is 1. The maximum atomic E-state index is 11.7. The van der Waals surface area contributed by atoms with Crippen molar-refractivity contribution in [3.05, 3.63) is 29.3 Å². The van der Waals surface area contributed by atoms with Crippen LogP contribution in [0.2, 0.25) is 5.02 Å². The molecular formula is C11H14ClNO2S. The minimum absolute atomic E-state index is 0.0904. The number of carbonyl (C=O) groups is 1. The Labute approximate surface area is 105 Å². The molecule has 1 amide bonds. The highest BCUT2D eigenvalue weighted by Crippen LogP contribution is 2.30. The summed E-state index contributed by atoms with van der Waals surface area (Å²) in [6, 6.07) is 7.45. The molecule has 16 heavy (non-hydrogen) atoms. The number of carbonyl (C=O) groups excluding carboxylic acids is 1. The fraction of sp³-hybridized carbons (Fsp3) is 0.364. The molecule has 0 saturated carbocycles. The van der Waals surface area contributed by atoms with Crippen molar-refractivity contribution >= 4 is 29.3 Å². The Morgan fingerprint density at radius 3 is 2.69 bits per heavy atom. The van der Waals surface area contributed by atoms with Gasteiger partial charge < -0.3 is 0 Å². The summed E-state index contributed by atoms with van der Waals surface area (Å²) in [6.07, 6.45) is 0. The summed E-state index contributed by atoms with van der Waals surface area (Å²) in [7, 11) is 3.05. The highest BCUT2D eigenvalue weighted by Gasteiger charge is 2.19. The zero-order chi connectivity index (χ0) is 12.1. The van der Waals surface area contributed by atoms with Crippen molar-refractivity contribution in [2.24, 2.45) is 0 Å². The summed E-state index contributed by atoms with van der Waals surface area (Å²) in [6.45, 7) is 1.83. The SMILES string of the molecule is CON(C)C(=O)C(C)Sc1ccccc1Cl. The van der Waals surface area contributed by atoms with Gasteiger partial charge in [0.05, 0.1) is 17.4 Å². The van der Waals surface area contributed by atoms with E-state index in [0.717, 1.165) is 4.90 Å². The average molecular weight is 260 g/mol. The lowest BCUT2D eigenvalue weighted by molar-refractivity contribution is -0.167. The summed E-state index contributed by atoms with van der Waals surface area (Å²) >= 11 is 7.43. The van der Waals surface area contributed by atoms with Gasteiger partial charge in [-0.1, -0.05) is 23.7 Å². The highest BCUT2D eigenvalue weighted by molar-refractivity contribution is 8.00. The number of benzene rings is 1. The standard InChI is InChI=1S/C11H14ClNO2S/c1-8(11(14)13(2)15-3)16-10-7-5-4-6-9(10)12/h4-8H,1-3H3. The molecular weight excluding hydrogens is 246 g/mol. The van der Waals surface area contributed by atoms with Crippen molar-refractivity contribution in [3.8, 4) is 0 Å². The van der Waals surface area contributed by atoms with Crippen LogP contribution in [0.25, 0.3) is 0 Å². The first-order valence-electron chi connectivity index (χ1n) is 4.79. The van der Waals surface area contributed by atoms with Crippen molar-refractivity contribution in [3.63, 3.8) is 0 Å². The van der Waals surface area contributed by atoms with Gasteiger partial charge in [0.15, 0.2) is 0 Å². The van der Waals surface area contributed by atoms with Gasteiger partial charge in [-0.15, -0.1) is 11.8 Å². The Bertz CT molecular complexity index is 373. The van der Waals surface area contributed by atoms with Crippen molar-refractivity contribution in [2.75, 3.05) is 14.2 Å². The molecule has 1 aromatic carbocycles. The van der Waals surface area contributed by atoms with E-state index in [1.807, 2.05) is 25.1 Å². The first kappa shape index (κ1) is 13.4. The van der Waals surface area contributed by atoms with Crippen LogP contribution in [0.1, 0.15) is 6.92 Å². The monoisotopic (exact) mass is 259 g/mol. The zero-order valence-corrected chi connectivity index (χ0v) is 11.0. The number of hydrogen-bond donors (Lipinski definition) is 0. The summed E-state index contributed by atoms with van der Waals surface area (Å²) in [5.74, 6) is -0.0904. The first-order valence-corrected chi connectivity index (χ1v) is 6.05. The van der Waals surface area contributed by atoms with Gasteiger partial charge >= 0.3 is 0 Å². The first-order chi connectivity index (χ1) is 7.56. The van der Waals surface area contributed by atoms with Gasteiger partial charge in [-0.2, -0.15) is 0 Å². The smallest absolute Gasteiger partial charge is 0.259 e. The Kier molecular flexibility index (Phi) is 5.12. The Morgan fingerprint density at radius 2 is 2.12 bits per heavy atom. The predicted molar refractivity (Wildman–Crippen MR) is 66.6 cm³/mol. The third kappa shape index (κ3) is 3.40. The van der Waals surface area contributed by atoms with Crippen LogP contribution in [-0.2, 0) is 9.63 Å². The molecule has 3 nitrogen and oxygen atoms in total. The quantitative estimate of drug-likeness (QED) is 0.615. The van der Waals surface area contributed by atoms with Crippen LogP contribution in [0.15, 0.2) is 29.2 Å². The van der Waals surface area contributed by atoms with Gasteiger partial charge in [0.25, 0.3) is 5.91 Å². The molecule has 0 spiro atoms. The van der Waals surface area contributed by atoms with Crippen molar-refractivity contribution < 1.29 is 9.63 Å². The second kappa shape index (κ2) is 6.13. The van der Waals surface area contributed by atoms with E-state index < -0.39 is 0 Å². The molecule has 0 aliphatic carbocycles. The average Bonchev–Trinajstić information content (AvgIpc) is 2.30. The third-order valence-corrected chi connectivity index (χ3v) is 3.68. The normalized spacial score (nSPS) is 12.2. The van der Waals surface area contributed by atoms with E-state index >= 15 is 0 Å². The molecule has 1 aromatic rings. The van der Waals surface area contributed by atoms with Gasteiger partial charge in [-0.05, 0) is 19.1 Å². The van der Waals surface area contributed by atoms with E-state index in [1.54, 1.807) is 13.1 Å². The lowest BCUT2D eigenvalue weighted by atomic mass is 10.4. The van der Waals surface area contributed by atoms with Crippen LogP contribution in [0, 0.1) is 0 Å². The van der Waals surface area contributed by atoms with E-state index in [-0.39, 0.29) is 11.2 Å². The number of rotatable bonds is 4. The molecule has 0 heterocycles. The molecule has 1 atom stereocenters. The lowest BCUT2D eigenvalue weighted by Gasteiger charge is -2.18. The largest absolute Gasteiger partial charge is 0.275 e. The molecule has 1 unspecified atom stereocenters. The minimum atomic E-state index is -0.232. The minimum Gasteiger partial charge on any atom is -0.275 e. The highest BCUT2D eigenvalue weighted by atomic mass is 35.5. The molecule has 1 rings (SSSR count). The van der Waals surface area contributed by atoms with Gasteiger partial charge in [0.2, 0.25) is 0 Å². The van der Waals surface area contributed by atoms with Gasteiger partial charge in [0, 0.05) is 11.9 Å². The van der Waals surface area contributed by atoms with Crippen molar-refractivity contribution in [1.82, 2.24) is 5.06 Å². The van der Waals surface area contributed by atoms with Crippen LogP contribution in [-0.4, -0.2) is 30.4 Å². The molecule has 0 fully saturated rings. The second-order valence-electron chi connectivity index (χ2n) is 3.21. The number of thioether (sulfide) groups is 1. The molecule has 0 bridgehead atoms. The van der Waals surface area contributed by atoms with E-state index in [0.29, 0.717) is 5.02 Å². The van der Waals surface area contributed by atoms with Crippen LogP contribution in [0.5, 0.6) is 0 Å². The van der Waals surface area contributed by atoms with E-state index in [1.165, 1.54) is 23.9 Å². The maximum absolute atomic E-state index is 11.7. The molecule has 0 saturated heterocycles. The van der Waals surface area contributed by atoms with Crippen LogP contribution < -0.4 is 0 Å². The summed E-state index contributed by atoms with van der Waals surface area (Å²) in [4.78, 5) is 17.5. The van der Waals surface area contributed by atoms with Crippen LogP contribution >= 0.6 is 23.4 Å².